The van der Waals surface area contributed by atoms with Crippen LogP contribution in [-0.2, 0) is 9.53 Å². The zero-order chi connectivity index (χ0) is 32.9. The summed E-state index contributed by atoms with van der Waals surface area (Å²) in [5, 5.41) is 0. The first kappa shape index (κ1) is 39.9. The van der Waals surface area contributed by atoms with Gasteiger partial charge >= 0.3 is 5.97 Å². The van der Waals surface area contributed by atoms with Gasteiger partial charge in [-0.25, -0.2) is 0 Å². The molecular formula is C43H70O3. The van der Waals surface area contributed by atoms with Crippen molar-refractivity contribution in [3.63, 3.8) is 0 Å². The van der Waals surface area contributed by atoms with Gasteiger partial charge in [-0.3, -0.25) is 4.79 Å². The van der Waals surface area contributed by atoms with Crippen molar-refractivity contribution in [3.05, 3.63) is 54.1 Å². The van der Waals surface area contributed by atoms with E-state index in [4.69, 9.17) is 9.47 Å². The average molecular weight is 635 g/mol. The molecule has 2 aromatic carbocycles. The molecule has 0 N–H and O–H groups in total. The number of benzene rings is 2. The summed E-state index contributed by atoms with van der Waals surface area (Å²) in [6, 6.07) is 16.8. The fourth-order valence-corrected chi connectivity index (χ4v) is 6.26. The van der Waals surface area contributed by atoms with Gasteiger partial charge in [-0.1, -0.05) is 192 Å². The summed E-state index contributed by atoms with van der Waals surface area (Å²) in [6.07, 6.45) is 32.2. The van der Waals surface area contributed by atoms with Crippen molar-refractivity contribution in [3.8, 4) is 16.9 Å². The van der Waals surface area contributed by atoms with Gasteiger partial charge in [0.1, 0.15) is 11.9 Å². The number of hydrogen-bond donors (Lipinski definition) is 0. The third-order valence-electron chi connectivity index (χ3n) is 9.38. The van der Waals surface area contributed by atoms with Crippen LogP contribution in [0, 0.1) is 0 Å². The number of carbonyl (C=O) groups is 1. The van der Waals surface area contributed by atoms with Gasteiger partial charge in [0.25, 0.3) is 0 Å². The number of ether oxygens (including phenoxy) is 2. The second-order valence-electron chi connectivity index (χ2n) is 13.7. The van der Waals surface area contributed by atoms with Crippen LogP contribution in [-0.4, -0.2) is 12.6 Å². The zero-order valence-corrected chi connectivity index (χ0v) is 30.3. The van der Waals surface area contributed by atoms with Crippen molar-refractivity contribution >= 4 is 5.97 Å². The first-order valence-corrected chi connectivity index (χ1v) is 19.7. The first-order chi connectivity index (χ1) is 22.6. The van der Waals surface area contributed by atoms with E-state index in [0.29, 0.717) is 6.42 Å². The van der Waals surface area contributed by atoms with Gasteiger partial charge in [-0.05, 0) is 48.6 Å². The van der Waals surface area contributed by atoms with Crippen LogP contribution in [0.25, 0.3) is 11.1 Å². The van der Waals surface area contributed by atoms with E-state index in [1.807, 2.05) is 6.92 Å². The highest BCUT2D eigenvalue weighted by Crippen LogP contribution is 2.26. The maximum Gasteiger partial charge on any atom is 0.306 e. The van der Waals surface area contributed by atoms with Crippen molar-refractivity contribution in [2.24, 2.45) is 0 Å². The van der Waals surface area contributed by atoms with Crippen LogP contribution in [0.4, 0.5) is 0 Å². The van der Waals surface area contributed by atoms with Crippen LogP contribution in [0.1, 0.15) is 193 Å². The molecule has 1 atom stereocenters. The summed E-state index contributed by atoms with van der Waals surface area (Å²) in [5.41, 5.74) is 3.36. The molecule has 0 radical (unpaired) electrons. The molecule has 0 aliphatic rings. The molecule has 0 amide bonds. The molecule has 0 heterocycles. The van der Waals surface area contributed by atoms with Crippen LogP contribution in [0.15, 0.2) is 48.5 Å². The van der Waals surface area contributed by atoms with Crippen LogP contribution >= 0.6 is 0 Å². The molecule has 2 aromatic rings. The third-order valence-corrected chi connectivity index (χ3v) is 9.38. The maximum absolute atomic E-state index is 12.4. The summed E-state index contributed by atoms with van der Waals surface area (Å²) in [6.45, 7) is 7.32. The lowest BCUT2D eigenvalue weighted by Gasteiger charge is -2.14. The first-order valence-electron chi connectivity index (χ1n) is 19.7. The molecule has 0 saturated heterocycles. The molecule has 0 aliphatic carbocycles. The molecule has 3 heteroatoms. The van der Waals surface area contributed by atoms with Crippen molar-refractivity contribution in [1.29, 1.82) is 0 Å². The van der Waals surface area contributed by atoms with Gasteiger partial charge in [-0.2, -0.15) is 0 Å². The maximum atomic E-state index is 12.4. The van der Waals surface area contributed by atoms with Crippen LogP contribution in [0.2, 0.25) is 0 Å². The summed E-state index contributed by atoms with van der Waals surface area (Å²) >= 11 is 0. The molecule has 46 heavy (non-hydrogen) atoms. The predicted molar refractivity (Wildman–Crippen MR) is 199 cm³/mol. The van der Waals surface area contributed by atoms with Crippen molar-refractivity contribution in [2.75, 3.05) is 6.61 Å². The number of unbranched alkanes of at least 4 members (excludes halogenated alkanes) is 22. The Labute approximate surface area is 284 Å². The van der Waals surface area contributed by atoms with E-state index in [0.717, 1.165) is 42.7 Å². The van der Waals surface area contributed by atoms with Gasteiger partial charge in [0, 0.05) is 6.42 Å². The average Bonchev–Trinajstić information content (AvgIpc) is 3.07. The Kier molecular flexibility index (Phi) is 24.1. The second-order valence-corrected chi connectivity index (χ2v) is 13.7. The minimum Gasteiger partial charge on any atom is -0.494 e. The Bertz CT molecular complexity index is 965. The summed E-state index contributed by atoms with van der Waals surface area (Å²) in [5.74, 6) is 0.861. The molecular weight excluding hydrogens is 564 g/mol. The van der Waals surface area contributed by atoms with E-state index in [2.05, 4.69) is 62.4 Å². The van der Waals surface area contributed by atoms with Gasteiger partial charge in [0.15, 0.2) is 0 Å². The fraction of sp³-hybridized carbons (Fsp3) is 0.698. The summed E-state index contributed by atoms with van der Waals surface area (Å²) in [7, 11) is 0. The van der Waals surface area contributed by atoms with Crippen LogP contribution in [0.3, 0.4) is 0 Å². The highest BCUT2D eigenvalue weighted by Gasteiger charge is 2.12. The topological polar surface area (TPSA) is 35.5 Å². The number of hydrogen-bond acceptors (Lipinski definition) is 3. The Hall–Kier alpha value is -2.29. The lowest BCUT2D eigenvalue weighted by Crippen LogP contribution is -2.08. The van der Waals surface area contributed by atoms with E-state index >= 15 is 0 Å². The molecule has 0 spiro atoms. The van der Waals surface area contributed by atoms with Gasteiger partial charge < -0.3 is 9.47 Å². The minimum absolute atomic E-state index is 0.0808. The van der Waals surface area contributed by atoms with Crippen LogP contribution < -0.4 is 4.74 Å². The molecule has 3 nitrogen and oxygen atoms in total. The molecule has 1 unspecified atom stereocenters. The molecule has 0 saturated carbocycles. The smallest absolute Gasteiger partial charge is 0.306 e. The van der Waals surface area contributed by atoms with E-state index < -0.39 is 0 Å². The van der Waals surface area contributed by atoms with Crippen molar-refractivity contribution in [1.82, 2.24) is 0 Å². The Morgan fingerprint density at radius 1 is 0.500 bits per heavy atom. The third kappa shape index (κ3) is 20.1. The van der Waals surface area contributed by atoms with E-state index in [9.17, 15) is 4.79 Å². The molecule has 260 valence electrons. The largest absolute Gasteiger partial charge is 0.494 e. The number of rotatable bonds is 30. The molecule has 2 rings (SSSR count). The van der Waals surface area contributed by atoms with Crippen molar-refractivity contribution in [2.45, 2.75) is 187 Å². The van der Waals surface area contributed by atoms with E-state index in [1.165, 1.54) is 140 Å². The minimum atomic E-state index is -0.227. The molecule has 0 aliphatic heterocycles. The summed E-state index contributed by atoms with van der Waals surface area (Å²) < 4.78 is 11.7. The van der Waals surface area contributed by atoms with Crippen LogP contribution in [0.5, 0.6) is 5.75 Å². The normalized spacial score (nSPS) is 11.9. The quantitative estimate of drug-likeness (QED) is 0.0633. The Morgan fingerprint density at radius 3 is 1.30 bits per heavy atom. The van der Waals surface area contributed by atoms with Gasteiger partial charge in [0.05, 0.1) is 6.61 Å². The number of carbonyl (C=O) groups excluding carboxylic acids is 1. The Balaban J connectivity index is 1.52. The fourth-order valence-electron chi connectivity index (χ4n) is 6.26. The molecule has 0 aromatic heterocycles. The van der Waals surface area contributed by atoms with Gasteiger partial charge in [-0.15, -0.1) is 0 Å². The van der Waals surface area contributed by atoms with E-state index in [1.54, 1.807) is 0 Å². The monoisotopic (exact) mass is 635 g/mol. The highest BCUT2D eigenvalue weighted by molar-refractivity contribution is 5.70. The summed E-state index contributed by atoms with van der Waals surface area (Å²) in [4.78, 5) is 12.4. The van der Waals surface area contributed by atoms with Crippen molar-refractivity contribution < 1.29 is 14.3 Å². The predicted octanol–water partition coefficient (Wildman–Crippen LogP) is 14.1. The standard InChI is InChI=1S/C43H70O3/c1-4-6-8-10-12-14-16-18-20-22-24-26-28-43(44)46-38(3)39-29-31-40(32-30-39)41-33-35-42(36-34-41)45-37-27-25-23-21-19-17-15-13-11-9-7-5-2/h29-36,38H,4-28,37H2,1-3H3. The highest BCUT2D eigenvalue weighted by atomic mass is 16.5. The zero-order valence-electron chi connectivity index (χ0n) is 30.3. The molecule has 0 fully saturated rings. The molecule has 0 bridgehead atoms. The SMILES string of the molecule is CCCCCCCCCCCCCCOc1ccc(-c2ccc(C(C)OC(=O)CCCCCCCCCCCCCC)cc2)cc1. The van der Waals surface area contributed by atoms with Gasteiger partial charge in [0.2, 0.25) is 0 Å². The Morgan fingerprint density at radius 2 is 0.870 bits per heavy atom. The second kappa shape index (κ2) is 27.8. The van der Waals surface area contributed by atoms with E-state index in [-0.39, 0.29) is 12.1 Å². The number of esters is 1. The lowest BCUT2D eigenvalue weighted by atomic mass is 10.0. The lowest BCUT2D eigenvalue weighted by molar-refractivity contribution is -0.148.